The van der Waals surface area contributed by atoms with Crippen molar-refractivity contribution in [1.82, 2.24) is 9.80 Å². The van der Waals surface area contributed by atoms with E-state index in [1.807, 2.05) is 51.1 Å². The SMILES string of the molecule is CC(C)C(N)C(=O)Nc1ccc2c(c1)CC[C@]21OC(=O)N(CC(=O)N(Cc2ccccc2)[C@@H](C)C2CC2)C1=O. The second-order valence-corrected chi connectivity index (χ2v) is 11.3. The lowest BCUT2D eigenvalue weighted by atomic mass is 9.94. The molecule has 2 fully saturated rings. The van der Waals surface area contributed by atoms with Gasteiger partial charge in [-0.3, -0.25) is 14.4 Å². The molecule has 3 atom stereocenters. The van der Waals surface area contributed by atoms with Crippen LogP contribution < -0.4 is 11.1 Å². The average molecular weight is 533 g/mol. The van der Waals surface area contributed by atoms with Crippen LogP contribution in [0.1, 0.15) is 56.7 Å². The summed E-state index contributed by atoms with van der Waals surface area (Å²) in [6.07, 6.45) is 2.11. The molecule has 5 rings (SSSR count). The molecule has 1 unspecified atom stereocenters. The van der Waals surface area contributed by atoms with Crippen LogP contribution in [0.15, 0.2) is 48.5 Å². The summed E-state index contributed by atoms with van der Waals surface area (Å²) < 4.78 is 5.73. The minimum Gasteiger partial charge on any atom is -0.427 e. The summed E-state index contributed by atoms with van der Waals surface area (Å²) in [4.78, 5) is 55.3. The number of benzene rings is 2. The van der Waals surface area contributed by atoms with Crippen LogP contribution in [0.3, 0.4) is 0 Å². The molecule has 4 amide bonds. The molecule has 2 aliphatic carbocycles. The van der Waals surface area contributed by atoms with E-state index in [4.69, 9.17) is 10.5 Å². The molecule has 1 aliphatic heterocycles. The summed E-state index contributed by atoms with van der Waals surface area (Å²) in [6, 6.07) is 14.3. The summed E-state index contributed by atoms with van der Waals surface area (Å²) in [7, 11) is 0. The molecule has 2 aromatic carbocycles. The Hall–Kier alpha value is -3.72. The van der Waals surface area contributed by atoms with Gasteiger partial charge < -0.3 is 20.7 Å². The van der Waals surface area contributed by atoms with Gasteiger partial charge in [0.2, 0.25) is 17.4 Å². The van der Waals surface area contributed by atoms with Crippen molar-refractivity contribution < 1.29 is 23.9 Å². The second-order valence-electron chi connectivity index (χ2n) is 11.3. The van der Waals surface area contributed by atoms with E-state index in [0.717, 1.165) is 28.9 Å². The molecular formula is C30H36N4O5. The Balaban J connectivity index is 1.32. The number of hydrogen-bond acceptors (Lipinski definition) is 6. The second kappa shape index (κ2) is 10.4. The number of ether oxygens (including phenoxy) is 1. The average Bonchev–Trinajstić information content (AvgIpc) is 3.67. The molecule has 1 saturated heterocycles. The molecule has 9 heteroatoms. The van der Waals surface area contributed by atoms with Gasteiger partial charge >= 0.3 is 6.09 Å². The highest BCUT2D eigenvalue weighted by molar-refractivity contribution is 6.06. The molecule has 1 saturated carbocycles. The fourth-order valence-electron chi connectivity index (χ4n) is 5.56. The van der Waals surface area contributed by atoms with Crippen molar-refractivity contribution in [3.05, 3.63) is 65.2 Å². The molecule has 2 aromatic rings. The Morgan fingerprint density at radius 2 is 1.85 bits per heavy atom. The molecule has 1 heterocycles. The first-order valence-corrected chi connectivity index (χ1v) is 13.7. The third kappa shape index (κ3) is 5.15. The number of rotatable bonds is 9. The van der Waals surface area contributed by atoms with Crippen molar-refractivity contribution in [1.29, 1.82) is 0 Å². The molecular weight excluding hydrogens is 496 g/mol. The Kier molecular flexibility index (Phi) is 7.20. The number of nitrogens with two attached hydrogens (primary N) is 1. The van der Waals surface area contributed by atoms with Gasteiger partial charge in [0.05, 0.1) is 6.04 Å². The maximum Gasteiger partial charge on any atom is 0.418 e. The summed E-state index contributed by atoms with van der Waals surface area (Å²) in [5.74, 6) is -0.666. The lowest BCUT2D eigenvalue weighted by Crippen LogP contribution is -2.47. The van der Waals surface area contributed by atoms with Gasteiger partial charge in [-0.1, -0.05) is 50.2 Å². The van der Waals surface area contributed by atoms with Gasteiger partial charge in [-0.2, -0.15) is 0 Å². The minimum atomic E-state index is -1.45. The molecule has 39 heavy (non-hydrogen) atoms. The molecule has 0 radical (unpaired) electrons. The van der Waals surface area contributed by atoms with E-state index in [-0.39, 0.29) is 36.7 Å². The van der Waals surface area contributed by atoms with Crippen LogP contribution in [-0.4, -0.2) is 52.2 Å². The molecule has 0 aromatic heterocycles. The quantitative estimate of drug-likeness (QED) is 0.509. The van der Waals surface area contributed by atoms with Crippen molar-refractivity contribution in [3.63, 3.8) is 0 Å². The topological polar surface area (TPSA) is 122 Å². The van der Waals surface area contributed by atoms with E-state index in [9.17, 15) is 19.2 Å². The zero-order chi connectivity index (χ0) is 27.9. The van der Waals surface area contributed by atoms with Gasteiger partial charge in [0.25, 0.3) is 5.91 Å². The highest BCUT2D eigenvalue weighted by atomic mass is 16.6. The maximum atomic E-state index is 13.7. The Labute approximate surface area is 228 Å². The van der Waals surface area contributed by atoms with E-state index >= 15 is 0 Å². The third-order valence-electron chi connectivity index (χ3n) is 8.25. The Morgan fingerprint density at radius 1 is 1.13 bits per heavy atom. The first-order chi connectivity index (χ1) is 18.6. The van der Waals surface area contributed by atoms with Crippen LogP contribution in [0.4, 0.5) is 10.5 Å². The number of aryl methyl sites for hydroxylation is 1. The number of nitrogens with one attached hydrogen (secondary N) is 1. The van der Waals surface area contributed by atoms with E-state index < -0.39 is 23.6 Å². The van der Waals surface area contributed by atoms with Gasteiger partial charge in [-0.15, -0.1) is 0 Å². The van der Waals surface area contributed by atoms with Crippen LogP contribution in [0.2, 0.25) is 0 Å². The number of anilines is 1. The number of hydrogen-bond donors (Lipinski definition) is 2. The van der Waals surface area contributed by atoms with Gasteiger partial charge in [0.15, 0.2) is 0 Å². The van der Waals surface area contributed by atoms with Gasteiger partial charge in [0.1, 0.15) is 6.54 Å². The molecule has 0 bridgehead atoms. The number of nitrogens with zero attached hydrogens (tertiary/aromatic N) is 2. The smallest absolute Gasteiger partial charge is 0.418 e. The predicted molar refractivity (Wildman–Crippen MR) is 145 cm³/mol. The summed E-state index contributed by atoms with van der Waals surface area (Å²) in [5, 5.41) is 2.83. The van der Waals surface area contributed by atoms with Crippen LogP contribution in [0.5, 0.6) is 0 Å². The molecule has 206 valence electrons. The predicted octanol–water partition coefficient (Wildman–Crippen LogP) is 3.56. The first kappa shape index (κ1) is 26.9. The Bertz CT molecular complexity index is 1290. The van der Waals surface area contributed by atoms with Crippen molar-refractivity contribution in [2.45, 2.75) is 70.7 Å². The number of fused-ring (bicyclic) bond motifs is 2. The maximum absolute atomic E-state index is 13.7. The number of imide groups is 1. The standard InChI is InChI=1S/C30H36N4O5/c1-18(2)26(31)27(36)32-23-11-12-24-22(15-23)13-14-30(24)28(37)34(29(38)39-30)17-25(35)33(19(3)21-9-10-21)16-20-7-5-4-6-8-20/h4-8,11-12,15,18-19,21,26H,9-10,13-14,16-17,31H2,1-3H3,(H,32,36)/t19-,26?,30-/m0/s1. The van der Waals surface area contributed by atoms with Gasteiger partial charge in [-0.05, 0) is 61.3 Å². The third-order valence-corrected chi connectivity index (χ3v) is 8.25. The molecule has 3 aliphatic rings. The van der Waals surface area contributed by atoms with E-state index in [1.54, 1.807) is 23.1 Å². The van der Waals surface area contributed by atoms with Crippen molar-refractivity contribution >= 4 is 29.5 Å². The Morgan fingerprint density at radius 3 is 2.51 bits per heavy atom. The highest BCUT2D eigenvalue weighted by Crippen LogP contribution is 2.46. The monoisotopic (exact) mass is 532 g/mol. The largest absolute Gasteiger partial charge is 0.427 e. The zero-order valence-electron chi connectivity index (χ0n) is 22.7. The lowest BCUT2D eigenvalue weighted by molar-refractivity contribution is -0.143. The normalized spacial score (nSPS) is 21.6. The lowest BCUT2D eigenvalue weighted by Gasteiger charge is -2.30. The van der Waals surface area contributed by atoms with Crippen LogP contribution in [0, 0.1) is 11.8 Å². The highest BCUT2D eigenvalue weighted by Gasteiger charge is 2.58. The molecule has 3 N–H and O–H groups in total. The zero-order valence-corrected chi connectivity index (χ0v) is 22.7. The molecule has 1 spiro atoms. The number of amides is 4. The fraction of sp³-hybridized carbons (Fsp3) is 0.467. The fourth-order valence-corrected chi connectivity index (χ4v) is 5.56. The van der Waals surface area contributed by atoms with Crippen LogP contribution in [-0.2, 0) is 37.7 Å². The van der Waals surface area contributed by atoms with Crippen LogP contribution >= 0.6 is 0 Å². The minimum absolute atomic E-state index is 0.00467. The summed E-state index contributed by atoms with van der Waals surface area (Å²) in [5.41, 5.74) is 7.48. The van der Waals surface area contributed by atoms with Gasteiger partial charge in [-0.25, -0.2) is 9.69 Å². The van der Waals surface area contributed by atoms with Crippen LogP contribution in [0.25, 0.3) is 0 Å². The summed E-state index contributed by atoms with van der Waals surface area (Å²) >= 11 is 0. The number of carbonyl (C=O) groups excluding carboxylic acids is 4. The van der Waals surface area contributed by atoms with E-state index in [1.165, 1.54) is 0 Å². The van der Waals surface area contributed by atoms with Crippen molar-refractivity contribution in [2.75, 3.05) is 11.9 Å². The van der Waals surface area contributed by atoms with E-state index in [2.05, 4.69) is 5.32 Å². The van der Waals surface area contributed by atoms with Crippen molar-refractivity contribution in [2.24, 2.45) is 17.6 Å². The van der Waals surface area contributed by atoms with E-state index in [0.29, 0.717) is 30.1 Å². The number of carbonyl (C=O) groups is 4. The summed E-state index contributed by atoms with van der Waals surface area (Å²) in [6.45, 7) is 5.83. The molecule has 9 nitrogen and oxygen atoms in total. The first-order valence-electron chi connectivity index (χ1n) is 13.7. The van der Waals surface area contributed by atoms with Gasteiger partial charge in [0, 0.05) is 30.3 Å². The van der Waals surface area contributed by atoms with Crippen molar-refractivity contribution in [3.8, 4) is 0 Å².